The highest BCUT2D eigenvalue weighted by Gasteiger charge is 2.02. The lowest BCUT2D eigenvalue weighted by Gasteiger charge is -2.03. The molecule has 0 aliphatic heterocycles. The molecule has 0 fully saturated rings. The number of hydrogen-bond acceptors (Lipinski definition) is 2. The molecular formula is C11H9ClN2S. The van der Waals surface area contributed by atoms with Crippen molar-refractivity contribution in [1.82, 2.24) is 9.97 Å². The molecule has 2 nitrogen and oxygen atoms in total. The van der Waals surface area contributed by atoms with Crippen molar-refractivity contribution in [2.45, 2.75) is 6.92 Å². The van der Waals surface area contributed by atoms with Crippen LogP contribution in [0, 0.1) is 11.6 Å². The second-order valence-electron chi connectivity index (χ2n) is 3.26. The van der Waals surface area contributed by atoms with Crippen LogP contribution in [0.4, 0.5) is 0 Å². The first-order chi connectivity index (χ1) is 7.18. The zero-order valence-corrected chi connectivity index (χ0v) is 9.69. The number of hydrogen-bond donors (Lipinski definition) is 1. The van der Waals surface area contributed by atoms with Gasteiger partial charge >= 0.3 is 0 Å². The number of aromatic nitrogens is 2. The van der Waals surface area contributed by atoms with Crippen molar-refractivity contribution in [3.05, 3.63) is 45.9 Å². The van der Waals surface area contributed by atoms with E-state index < -0.39 is 0 Å². The Morgan fingerprint density at radius 2 is 2.20 bits per heavy atom. The maximum Gasteiger partial charge on any atom is 0.113 e. The molecule has 0 bridgehead atoms. The predicted molar refractivity (Wildman–Crippen MR) is 64.6 cm³/mol. The normalized spacial score (nSPS) is 10.3. The molecular weight excluding hydrogens is 228 g/mol. The van der Waals surface area contributed by atoms with Crippen LogP contribution >= 0.6 is 23.8 Å². The second-order valence-corrected chi connectivity index (χ2v) is 4.07. The Hall–Kier alpha value is -1.19. The zero-order chi connectivity index (χ0) is 10.8. The molecule has 0 aliphatic rings. The molecule has 0 unspecified atom stereocenters. The van der Waals surface area contributed by atoms with Gasteiger partial charge in [-0.15, -0.1) is 0 Å². The van der Waals surface area contributed by atoms with Crippen molar-refractivity contribution in [3.8, 4) is 11.1 Å². The van der Waals surface area contributed by atoms with Gasteiger partial charge in [-0.25, -0.2) is 4.98 Å². The van der Waals surface area contributed by atoms with Crippen LogP contribution in [0.15, 0.2) is 30.7 Å². The maximum absolute atomic E-state index is 6.05. The van der Waals surface area contributed by atoms with Crippen LogP contribution < -0.4 is 0 Å². The third-order valence-corrected chi connectivity index (χ3v) is 2.95. The Bertz CT molecular complexity index is 548. The smallest absolute Gasteiger partial charge is 0.113 e. The van der Waals surface area contributed by atoms with Crippen LogP contribution in [0.1, 0.15) is 5.56 Å². The summed E-state index contributed by atoms with van der Waals surface area (Å²) < 4.78 is 0.671. The molecule has 0 spiro atoms. The molecule has 1 heterocycles. The summed E-state index contributed by atoms with van der Waals surface area (Å²) in [7, 11) is 0. The number of H-pyrrole nitrogens is 1. The van der Waals surface area contributed by atoms with Gasteiger partial charge in [0.1, 0.15) is 4.64 Å². The topological polar surface area (TPSA) is 28.7 Å². The molecule has 0 aliphatic carbocycles. The van der Waals surface area contributed by atoms with Gasteiger partial charge in [-0.1, -0.05) is 36.0 Å². The quantitative estimate of drug-likeness (QED) is 0.764. The van der Waals surface area contributed by atoms with E-state index in [9.17, 15) is 0 Å². The minimum atomic E-state index is 0.671. The minimum absolute atomic E-state index is 0.671. The number of nitrogens with zero attached hydrogens (tertiary/aromatic N) is 1. The van der Waals surface area contributed by atoms with Gasteiger partial charge in [0.15, 0.2) is 0 Å². The van der Waals surface area contributed by atoms with Crippen molar-refractivity contribution >= 4 is 23.8 Å². The number of benzene rings is 1. The third-order valence-electron chi connectivity index (χ3n) is 2.20. The summed E-state index contributed by atoms with van der Waals surface area (Å²) in [5.74, 6) is 0. The molecule has 2 rings (SSSR count). The van der Waals surface area contributed by atoms with Crippen LogP contribution in [0.2, 0.25) is 5.02 Å². The van der Waals surface area contributed by atoms with Crippen LogP contribution in [-0.2, 0) is 0 Å². The SMILES string of the molecule is Cc1ccc(-c2cnc[nH]c2=S)cc1Cl. The second kappa shape index (κ2) is 4.13. The number of aromatic amines is 1. The lowest BCUT2D eigenvalue weighted by atomic mass is 10.1. The largest absolute Gasteiger partial charge is 0.337 e. The fourth-order valence-corrected chi connectivity index (χ4v) is 1.71. The lowest BCUT2D eigenvalue weighted by Crippen LogP contribution is -1.85. The van der Waals surface area contributed by atoms with Gasteiger partial charge in [0.2, 0.25) is 0 Å². The average Bonchev–Trinajstić information content (AvgIpc) is 2.23. The first-order valence-electron chi connectivity index (χ1n) is 4.47. The Morgan fingerprint density at radius 3 is 2.87 bits per heavy atom. The molecule has 0 amide bonds. The van der Waals surface area contributed by atoms with Gasteiger partial charge in [0, 0.05) is 16.8 Å². The lowest BCUT2D eigenvalue weighted by molar-refractivity contribution is 1.15. The average molecular weight is 237 g/mol. The highest BCUT2D eigenvalue weighted by atomic mass is 35.5. The van der Waals surface area contributed by atoms with E-state index in [1.54, 1.807) is 12.5 Å². The van der Waals surface area contributed by atoms with E-state index in [4.69, 9.17) is 23.8 Å². The molecule has 0 saturated heterocycles. The van der Waals surface area contributed by atoms with Crippen molar-refractivity contribution in [2.75, 3.05) is 0 Å². The Morgan fingerprint density at radius 1 is 1.40 bits per heavy atom. The van der Waals surface area contributed by atoms with Crippen LogP contribution in [-0.4, -0.2) is 9.97 Å². The third kappa shape index (κ3) is 2.08. The standard InChI is InChI=1S/C11H9ClN2S/c1-7-2-3-8(4-10(7)12)9-5-13-6-14-11(9)15/h2-6H,1H3,(H,13,14,15). The van der Waals surface area contributed by atoms with Gasteiger partial charge in [0.25, 0.3) is 0 Å². The van der Waals surface area contributed by atoms with E-state index in [1.807, 2.05) is 25.1 Å². The highest BCUT2D eigenvalue weighted by molar-refractivity contribution is 7.71. The summed E-state index contributed by atoms with van der Waals surface area (Å²) in [4.78, 5) is 6.90. The summed E-state index contributed by atoms with van der Waals surface area (Å²) in [5, 5.41) is 0.741. The van der Waals surface area contributed by atoms with Crippen LogP contribution in [0.5, 0.6) is 0 Å². The fraction of sp³-hybridized carbons (Fsp3) is 0.0909. The molecule has 1 aromatic heterocycles. The van der Waals surface area contributed by atoms with Crippen LogP contribution in [0.3, 0.4) is 0 Å². The summed E-state index contributed by atoms with van der Waals surface area (Å²) >= 11 is 11.2. The number of aryl methyl sites for hydroxylation is 1. The summed E-state index contributed by atoms with van der Waals surface area (Å²) in [6, 6.07) is 5.86. The van der Waals surface area contributed by atoms with Crippen molar-refractivity contribution in [3.63, 3.8) is 0 Å². The van der Waals surface area contributed by atoms with E-state index in [0.717, 1.165) is 21.7 Å². The molecule has 4 heteroatoms. The van der Waals surface area contributed by atoms with Gasteiger partial charge in [0.05, 0.1) is 6.33 Å². The molecule has 1 aromatic carbocycles. The molecule has 0 saturated carbocycles. The zero-order valence-electron chi connectivity index (χ0n) is 8.12. The molecule has 2 aromatic rings. The first kappa shape index (κ1) is 10.3. The number of halogens is 1. The van der Waals surface area contributed by atoms with Crippen molar-refractivity contribution < 1.29 is 0 Å². The monoisotopic (exact) mass is 236 g/mol. The first-order valence-corrected chi connectivity index (χ1v) is 5.26. The van der Waals surface area contributed by atoms with Gasteiger partial charge in [-0.3, -0.25) is 0 Å². The number of rotatable bonds is 1. The molecule has 76 valence electrons. The van der Waals surface area contributed by atoms with E-state index in [1.165, 1.54) is 0 Å². The van der Waals surface area contributed by atoms with E-state index in [-0.39, 0.29) is 0 Å². The molecule has 0 radical (unpaired) electrons. The summed E-state index contributed by atoms with van der Waals surface area (Å²) in [5.41, 5.74) is 2.94. The van der Waals surface area contributed by atoms with E-state index in [0.29, 0.717) is 4.64 Å². The van der Waals surface area contributed by atoms with Gasteiger partial charge in [-0.05, 0) is 24.1 Å². The Balaban J connectivity index is 2.60. The molecule has 15 heavy (non-hydrogen) atoms. The van der Waals surface area contributed by atoms with Gasteiger partial charge < -0.3 is 4.98 Å². The summed E-state index contributed by atoms with van der Waals surface area (Å²) in [6.07, 6.45) is 3.31. The summed E-state index contributed by atoms with van der Waals surface area (Å²) in [6.45, 7) is 1.97. The predicted octanol–water partition coefficient (Wildman–Crippen LogP) is 3.77. The fourth-order valence-electron chi connectivity index (χ4n) is 1.31. The molecule has 0 atom stereocenters. The van der Waals surface area contributed by atoms with Gasteiger partial charge in [-0.2, -0.15) is 0 Å². The Kier molecular flexibility index (Phi) is 2.84. The van der Waals surface area contributed by atoms with E-state index >= 15 is 0 Å². The van der Waals surface area contributed by atoms with E-state index in [2.05, 4.69) is 9.97 Å². The van der Waals surface area contributed by atoms with Crippen LogP contribution in [0.25, 0.3) is 11.1 Å². The Labute approximate surface area is 98.0 Å². The van der Waals surface area contributed by atoms with Crippen molar-refractivity contribution in [2.24, 2.45) is 0 Å². The highest BCUT2D eigenvalue weighted by Crippen LogP contribution is 2.24. The molecule has 1 N–H and O–H groups in total. The van der Waals surface area contributed by atoms with Crippen molar-refractivity contribution in [1.29, 1.82) is 0 Å². The minimum Gasteiger partial charge on any atom is -0.337 e. The number of nitrogens with one attached hydrogen (secondary N) is 1. The maximum atomic E-state index is 6.05.